The van der Waals surface area contributed by atoms with Crippen LogP contribution in [0, 0.1) is 24.6 Å². The summed E-state index contributed by atoms with van der Waals surface area (Å²) in [5, 5.41) is 0. The molecule has 133 valence electrons. The molecule has 0 aliphatic heterocycles. The Morgan fingerprint density at radius 3 is 2.40 bits per heavy atom. The molecule has 0 unspecified atom stereocenters. The van der Waals surface area contributed by atoms with E-state index in [0.717, 1.165) is 12.1 Å². The molecule has 1 aromatic carbocycles. The third kappa shape index (κ3) is 5.31. The minimum Gasteiger partial charge on any atom is -0.483 e. The molecule has 0 aliphatic rings. The van der Waals surface area contributed by atoms with Gasteiger partial charge in [-0.3, -0.25) is 4.79 Å². The number of alkyl halides is 2. The Hall–Kier alpha value is -0.856. The molecule has 25 heavy (non-hydrogen) atoms. The first kappa shape index (κ1) is 22.2. The van der Waals surface area contributed by atoms with Gasteiger partial charge in [-0.1, -0.05) is 18.2 Å². The maximum absolute atomic E-state index is 14.3. The summed E-state index contributed by atoms with van der Waals surface area (Å²) in [5.41, 5.74) is -1.55. The number of thioether (sulfide) groups is 1. The monoisotopic (exact) mass is 449 g/mol. The van der Waals surface area contributed by atoms with Crippen LogP contribution in [-0.4, -0.2) is 23.2 Å². The molecule has 0 amide bonds. The van der Waals surface area contributed by atoms with Crippen LogP contribution in [0.25, 0.3) is 11.3 Å². The molecule has 0 atom stereocenters. The smallest absolute Gasteiger partial charge is 0.256 e. The second-order valence-corrected chi connectivity index (χ2v) is 5.75. The topological polar surface area (TPSA) is 31.2 Å². The van der Waals surface area contributed by atoms with Crippen LogP contribution in [0.2, 0.25) is 0 Å². The number of ether oxygens (including phenoxy) is 1. The summed E-state index contributed by atoms with van der Waals surface area (Å²) in [5.74, 6) is -1.87. The Morgan fingerprint density at radius 1 is 1.28 bits per heavy atom. The second kappa shape index (κ2) is 9.73. The molecular weight excluding hydrogens is 435 g/mol. The van der Waals surface area contributed by atoms with Crippen molar-refractivity contribution in [2.45, 2.75) is 19.9 Å². The van der Waals surface area contributed by atoms with Gasteiger partial charge in [-0.25, -0.2) is 17.6 Å². The number of halogens is 4. The number of hydrogen-bond acceptors (Lipinski definition) is 3. The van der Waals surface area contributed by atoms with Gasteiger partial charge in [-0.2, -0.15) is 12.1 Å². The average molecular weight is 449 g/mol. The van der Waals surface area contributed by atoms with E-state index in [9.17, 15) is 22.4 Å². The summed E-state index contributed by atoms with van der Waals surface area (Å²) >= 11 is 1.32. The van der Waals surface area contributed by atoms with E-state index in [1.165, 1.54) is 24.8 Å². The van der Waals surface area contributed by atoms with Crippen molar-refractivity contribution in [1.29, 1.82) is 0 Å². The van der Waals surface area contributed by atoms with E-state index in [0.29, 0.717) is 4.57 Å². The summed E-state index contributed by atoms with van der Waals surface area (Å²) in [7, 11) is 0. The predicted molar refractivity (Wildman–Crippen MR) is 84.6 cm³/mol. The zero-order chi connectivity index (χ0) is 17.9. The molecule has 9 heteroatoms. The molecule has 0 spiro atoms. The number of hydrogen-bond donors (Lipinski definition) is 0. The number of rotatable bonds is 6. The fraction of sp³-hybridized carbons (Fsp3) is 0.312. The molecule has 0 saturated heterocycles. The van der Waals surface area contributed by atoms with Crippen molar-refractivity contribution >= 4 is 11.8 Å². The van der Waals surface area contributed by atoms with Crippen molar-refractivity contribution in [3.8, 4) is 17.0 Å². The minimum atomic E-state index is -2.85. The third-order valence-electron chi connectivity index (χ3n) is 3.19. The summed E-state index contributed by atoms with van der Waals surface area (Å²) in [6.07, 6.45) is -1.10. The molecule has 2 rings (SSSR count). The van der Waals surface area contributed by atoms with Gasteiger partial charge in [-0.15, -0.1) is 11.8 Å². The summed E-state index contributed by atoms with van der Waals surface area (Å²) < 4.78 is 59.9. The zero-order valence-corrected chi connectivity index (χ0v) is 17.1. The fourth-order valence-electron chi connectivity index (χ4n) is 2.14. The van der Waals surface area contributed by atoms with Crippen molar-refractivity contribution in [3.05, 3.63) is 51.8 Å². The largest absolute Gasteiger partial charge is 0.483 e. The SMILES string of the molecule is CSCOc1cc(F)c(-c2[c-]cc(C)c(=O)n2CC(F)F)c(F)c1.[Y]. The fourth-order valence-corrected chi connectivity index (χ4v) is 2.39. The molecule has 1 heterocycles. The summed E-state index contributed by atoms with van der Waals surface area (Å²) in [6, 6.07) is 5.62. The second-order valence-electron chi connectivity index (χ2n) is 4.94. The van der Waals surface area contributed by atoms with Crippen molar-refractivity contribution in [1.82, 2.24) is 4.57 Å². The van der Waals surface area contributed by atoms with Crippen LogP contribution in [0.15, 0.2) is 23.0 Å². The molecule has 0 aliphatic carbocycles. The van der Waals surface area contributed by atoms with E-state index in [1.807, 2.05) is 0 Å². The first-order valence-electron chi connectivity index (χ1n) is 6.86. The number of aryl methyl sites for hydroxylation is 1. The van der Waals surface area contributed by atoms with E-state index < -0.39 is 35.7 Å². The van der Waals surface area contributed by atoms with Gasteiger partial charge in [0.05, 0.1) is 18.2 Å². The molecule has 0 saturated carbocycles. The minimum absolute atomic E-state index is 0. The van der Waals surface area contributed by atoms with E-state index >= 15 is 0 Å². The molecule has 3 nitrogen and oxygen atoms in total. The first-order chi connectivity index (χ1) is 11.3. The normalized spacial score (nSPS) is 10.7. The summed E-state index contributed by atoms with van der Waals surface area (Å²) in [4.78, 5) is 12.1. The van der Waals surface area contributed by atoms with Crippen LogP contribution >= 0.6 is 11.8 Å². The standard InChI is InChI=1S/C16H14F4NO2S.Y/c1-9-3-4-13(21(16(9)22)7-14(19)20)15-11(17)5-10(6-12(15)18)23-8-24-2;/h3,5-6,14H,7-8H2,1-2H3;/q-1;. The molecule has 1 aromatic heterocycles. The molecule has 0 bridgehead atoms. The van der Waals surface area contributed by atoms with Gasteiger partial charge in [-0.05, 0) is 11.8 Å². The van der Waals surface area contributed by atoms with E-state index in [2.05, 4.69) is 6.07 Å². The molecule has 0 fully saturated rings. The maximum atomic E-state index is 14.3. The maximum Gasteiger partial charge on any atom is 0.256 e. The number of nitrogens with zero attached hydrogens (tertiary/aromatic N) is 1. The van der Waals surface area contributed by atoms with Crippen LogP contribution < -0.4 is 10.3 Å². The van der Waals surface area contributed by atoms with Gasteiger partial charge in [0.1, 0.15) is 11.7 Å². The molecule has 0 N–H and O–H groups in total. The van der Waals surface area contributed by atoms with Gasteiger partial charge in [0, 0.05) is 44.8 Å². The third-order valence-corrected chi connectivity index (χ3v) is 3.55. The zero-order valence-electron chi connectivity index (χ0n) is 13.5. The van der Waals surface area contributed by atoms with Gasteiger partial charge in [0.25, 0.3) is 6.43 Å². The molecule has 2 aromatic rings. The van der Waals surface area contributed by atoms with Crippen molar-refractivity contribution in [2.75, 3.05) is 12.2 Å². The Bertz CT molecular complexity index is 775. The van der Waals surface area contributed by atoms with Crippen LogP contribution in [0.3, 0.4) is 0 Å². The number of pyridine rings is 1. The van der Waals surface area contributed by atoms with Crippen LogP contribution in [0.1, 0.15) is 5.56 Å². The van der Waals surface area contributed by atoms with Gasteiger partial charge in [0.2, 0.25) is 0 Å². The van der Waals surface area contributed by atoms with E-state index in [-0.39, 0.29) is 55.7 Å². The van der Waals surface area contributed by atoms with E-state index in [1.54, 1.807) is 6.26 Å². The summed E-state index contributed by atoms with van der Waals surface area (Å²) in [6.45, 7) is 0.437. The quantitative estimate of drug-likeness (QED) is 0.382. The van der Waals surface area contributed by atoms with E-state index in [4.69, 9.17) is 4.74 Å². The van der Waals surface area contributed by atoms with Gasteiger partial charge >= 0.3 is 0 Å². The average Bonchev–Trinajstić information content (AvgIpc) is 2.51. The van der Waals surface area contributed by atoms with Crippen molar-refractivity contribution in [2.24, 2.45) is 0 Å². The first-order valence-corrected chi connectivity index (χ1v) is 8.26. The van der Waals surface area contributed by atoms with Gasteiger partial charge in [0.15, 0.2) is 5.56 Å². The Kier molecular flexibility index (Phi) is 8.64. The molecular formula is C16H14F4NO2SY-. The van der Waals surface area contributed by atoms with Crippen LogP contribution in [0.4, 0.5) is 17.6 Å². The Morgan fingerprint density at radius 2 is 1.88 bits per heavy atom. The van der Waals surface area contributed by atoms with Crippen molar-refractivity contribution in [3.63, 3.8) is 0 Å². The Labute approximate surface area is 171 Å². The van der Waals surface area contributed by atoms with Crippen LogP contribution in [-0.2, 0) is 39.3 Å². The Balaban J connectivity index is 0.00000312. The molecule has 1 radical (unpaired) electrons. The number of benzene rings is 1. The predicted octanol–water partition coefficient (Wildman–Crippen LogP) is 3.86. The van der Waals surface area contributed by atoms with Crippen LogP contribution in [0.5, 0.6) is 5.75 Å². The number of aromatic nitrogens is 1. The van der Waals surface area contributed by atoms with Gasteiger partial charge < -0.3 is 9.30 Å². The van der Waals surface area contributed by atoms with Crippen molar-refractivity contribution < 1.29 is 55.0 Å².